The van der Waals surface area contributed by atoms with Crippen molar-refractivity contribution in [2.24, 2.45) is 0 Å². The number of hydrogen-bond acceptors (Lipinski definition) is 4. The molecule has 2 aromatic rings. The molecule has 0 aromatic heterocycles. The minimum absolute atomic E-state index is 0.0193. The first-order valence-electron chi connectivity index (χ1n) is 10.3. The number of hydrogen-bond donors (Lipinski definition) is 0. The van der Waals surface area contributed by atoms with Gasteiger partial charge in [-0.2, -0.15) is 4.31 Å². The van der Waals surface area contributed by atoms with E-state index in [1.165, 1.54) is 11.1 Å². The van der Waals surface area contributed by atoms with Crippen molar-refractivity contribution in [1.29, 1.82) is 0 Å². The summed E-state index contributed by atoms with van der Waals surface area (Å²) in [7, 11) is -1.52. The highest BCUT2D eigenvalue weighted by Crippen LogP contribution is 2.15. The predicted molar refractivity (Wildman–Crippen MR) is 119 cm³/mol. The first-order chi connectivity index (χ1) is 14.2. The highest BCUT2D eigenvalue weighted by Gasteiger charge is 2.28. The van der Waals surface area contributed by atoms with E-state index in [9.17, 15) is 13.2 Å². The van der Waals surface area contributed by atoms with E-state index >= 15 is 0 Å². The van der Waals surface area contributed by atoms with Gasteiger partial charge in [-0.25, -0.2) is 8.42 Å². The zero-order chi connectivity index (χ0) is 21.7. The van der Waals surface area contributed by atoms with Gasteiger partial charge in [-0.3, -0.25) is 9.69 Å². The Morgan fingerprint density at radius 1 is 1.00 bits per heavy atom. The molecule has 0 spiro atoms. The van der Waals surface area contributed by atoms with Crippen LogP contribution in [0.25, 0.3) is 0 Å². The van der Waals surface area contributed by atoms with E-state index in [4.69, 9.17) is 0 Å². The number of carbonyl (C=O) groups excluding carboxylic acids is 1. The maximum atomic E-state index is 12.7. The van der Waals surface area contributed by atoms with Crippen molar-refractivity contribution in [3.8, 4) is 0 Å². The van der Waals surface area contributed by atoms with E-state index in [-0.39, 0.29) is 11.7 Å². The van der Waals surface area contributed by atoms with Gasteiger partial charge in [0.1, 0.15) is 0 Å². The maximum Gasteiger partial charge on any atom is 0.236 e. The van der Waals surface area contributed by atoms with E-state index in [1.54, 1.807) is 9.21 Å². The molecule has 0 radical (unpaired) electrons. The lowest BCUT2D eigenvalue weighted by molar-refractivity contribution is -0.131. The lowest BCUT2D eigenvalue weighted by Crippen LogP contribution is -2.51. The van der Waals surface area contributed by atoms with Crippen LogP contribution in [0.3, 0.4) is 0 Å². The number of piperazine rings is 1. The van der Waals surface area contributed by atoms with Crippen molar-refractivity contribution in [1.82, 2.24) is 14.1 Å². The minimum atomic E-state index is -3.34. The van der Waals surface area contributed by atoms with Gasteiger partial charge in [-0.05, 0) is 30.5 Å². The van der Waals surface area contributed by atoms with Crippen LogP contribution in [-0.2, 0) is 27.1 Å². The smallest absolute Gasteiger partial charge is 0.236 e. The minimum Gasteiger partial charge on any atom is -0.340 e. The number of aryl methyl sites for hydroxylation is 2. The number of nitrogens with zero attached hydrogens (tertiary/aromatic N) is 3. The van der Waals surface area contributed by atoms with E-state index in [1.807, 2.05) is 42.3 Å². The summed E-state index contributed by atoms with van der Waals surface area (Å²) in [5, 5.41) is 0. The summed E-state index contributed by atoms with van der Waals surface area (Å²) in [4.78, 5) is 16.4. The largest absolute Gasteiger partial charge is 0.340 e. The van der Waals surface area contributed by atoms with Gasteiger partial charge in [0.25, 0.3) is 0 Å². The molecule has 0 N–H and O–H groups in total. The van der Waals surface area contributed by atoms with E-state index in [0.717, 1.165) is 11.1 Å². The Morgan fingerprint density at radius 2 is 1.67 bits per heavy atom. The van der Waals surface area contributed by atoms with Gasteiger partial charge in [-0.1, -0.05) is 54.1 Å². The topological polar surface area (TPSA) is 60.9 Å². The molecule has 0 atom stereocenters. The second kappa shape index (κ2) is 9.73. The number of benzene rings is 2. The van der Waals surface area contributed by atoms with Gasteiger partial charge in [0.2, 0.25) is 15.9 Å². The van der Waals surface area contributed by atoms with Crippen LogP contribution in [0.2, 0.25) is 0 Å². The molecule has 7 heteroatoms. The van der Waals surface area contributed by atoms with Gasteiger partial charge in [0, 0.05) is 39.8 Å². The van der Waals surface area contributed by atoms with E-state index < -0.39 is 10.0 Å². The molecule has 1 fully saturated rings. The third-order valence-electron chi connectivity index (χ3n) is 5.61. The fraction of sp³-hybridized carbons (Fsp3) is 0.435. The molecule has 30 heavy (non-hydrogen) atoms. The molecule has 1 saturated heterocycles. The fourth-order valence-corrected chi connectivity index (χ4v) is 5.24. The number of carbonyl (C=O) groups is 1. The second-order valence-corrected chi connectivity index (χ2v) is 10.1. The summed E-state index contributed by atoms with van der Waals surface area (Å²) in [5.41, 5.74) is 4.34. The first kappa shape index (κ1) is 22.5. The molecule has 0 saturated carbocycles. The first-order valence-corrected chi connectivity index (χ1v) is 11.9. The zero-order valence-electron chi connectivity index (χ0n) is 18.0. The molecule has 0 aliphatic carbocycles. The van der Waals surface area contributed by atoms with Crippen LogP contribution < -0.4 is 0 Å². The summed E-state index contributed by atoms with van der Waals surface area (Å²) in [6.07, 6.45) is 0. The lowest BCUT2D eigenvalue weighted by Gasteiger charge is -2.34. The van der Waals surface area contributed by atoms with Crippen molar-refractivity contribution in [3.63, 3.8) is 0 Å². The van der Waals surface area contributed by atoms with Crippen LogP contribution >= 0.6 is 0 Å². The van der Waals surface area contributed by atoms with Gasteiger partial charge < -0.3 is 4.90 Å². The standard InChI is InChI=1S/C23H31N3O3S/c1-19-9-10-22(20(2)15-19)16-24(3)23(27)17-25-11-13-26(14-12-25)30(28,29)18-21-7-5-4-6-8-21/h4-10,15H,11-14,16-18H2,1-3H3. The molecule has 1 heterocycles. The highest BCUT2D eigenvalue weighted by atomic mass is 32.2. The quantitative estimate of drug-likeness (QED) is 0.678. The highest BCUT2D eigenvalue weighted by molar-refractivity contribution is 7.88. The third kappa shape index (κ3) is 5.90. The molecule has 1 amide bonds. The summed E-state index contributed by atoms with van der Waals surface area (Å²) >= 11 is 0. The third-order valence-corrected chi connectivity index (χ3v) is 7.46. The van der Waals surface area contributed by atoms with Gasteiger partial charge in [0.05, 0.1) is 12.3 Å². The normalized spacial score (nSPS) is 15.8. The van der Waals surface area contributed by atoms with Gasteiger partial charge in [0.15, 0.2) is 0 Å². The number of rotatable bonds is 7. The molecular formula is C23H31N3O3S. The zero-order valence-corrected chi connectivity index (χ0v) is 18.9. The van der Waals surface area contributed by atoms with Crippen LogP contribution in [0.1, 0.15) is 22.3 Å². The Hall–Kier alpha value is -2.22. The maximum absolute atomic E-state index is 12.7. The Bertz CT molecular complexity index is 968. The molecule has 1 aliphatic rings. The molecule has 2 aromatic carbocycles. The molecule has 6 nitrogen and oxygen atoms in total. The number of likely N-dealkylation sites (N-methyl/N-ethyl adjacent to an activating group) is 1. The average molecular weight is 430 g/mol. The van der Waals surface area contributed by atoms with E-state index in [2.05, 4.69) is 32.0 Å². The Kier molecular flexibility index (Phi) is 7.28. The Morgan fingerprint density at radius 3 is 2.30 bits per heavy atom. The van der Waals surface area contributed by atoms with Crippen LogP contribution in [0.15, 0.2) is 48.5 Å². The van der Waals surface area contributed by atoms with Gasteiger partial charge >= 0.3 is 0 Å². The van der Waals surface area contributed by atoms with Crippen molar-refractivity contribution >= 4 is 15.9 Å². The molecule has 0 bridgehead atoms. The van der Waals surface area contributed by atoms with Crippen LogP contribution in [-0.4, -0.2) is 68.2 Å². The fourth-order valence-electron chi connectivity index (χ4n) is 3.72. The summed E-state index contributed by atoms with van der Waals surface area (Å²) < 4.78 is 26.9. The predicted octanol–water partition coefficient (Wildman–Crippen LogP) is 2.41. The van der Waals surface area contributed by atoms with Crippen molar-refractivity contribution in [2.75, 3.05) is 39.8 Å². The average Bonchev–Trinajstić information content (AvgIpc) is 2.71. The number of sulfonamides is 1. The lowest BCUT2D eigenvalue weighted by atomic mass is 10.1. The molecule has 3 rings (SSSR count). The summed E-state index contributed by atoms with van der Waals surface area (Å²) in [6.45, 7) is 6.99. The Balaban J connectivity index is 1.49. The second-order valence-electron chi connectivity index (χ2n) is 8.10. The molecule has 0 unspecified atom stereocenters. The summed E-state index contributed by atoms with van der Waals surface area (Å²) in [6, 6.07) is 15.5. The number of amides is 1. The monoisotopic (exact) mass is 429 g/mol. The van der Waals surface area contributed by atoms with E-state index in [0.29, 0.717) is 39.3 Å². The van der Waals surface area contributed by atoms with Crippen LogP contribution in [0.5, 0.6) is 0 Å². The van der Waals surface area contributed by atoms with Crippen molar-refractivity contribution in [2.45, 2.75) is 26.1 Å². The summed E-state index contributed by atoms with van der Waals surface area (Å²) in [5.74, 6) is 0.0707. The molecule has 162 valence electrons. The molecule has 1 aliphatic heterocycles. The van der Waals surface area contributed by atoms with Crippen molar-refractivity contribution in [3.05, 3.63) is 70.8 Å². The molecular weight excluding hydrogens is 398 g/mol. The SMILES string of the molecule is Cc1ccc(CN(C)C(=O)CN2CCN(S(=O)(=O)Cc3ccccc3)CC2)c(C)c1. The van der Waals surface area contributed by atoms with Crippen LogP contribution in [0, 0.1) is 13.8 Å². The Labute approximate surface area is 180 Å². The van der Waals surface area contributed by atoms with Gasteiger partial charge in [-0.15, -0.1) is 0 Å². The van der Waals surface area contributed by atoms with Crippen molar-refractivity contribution < 1.29 is 13.2 Å². The van der Waals surface area contributed by atoms with Crippen LogP contribution in [0.4, 0.5) is 0 Å².